The minimum atomic E-state index is 0.514. The van der Waals surface area contributed by atoms with Gasteiger partial charge in [-0.15, -0.1) is 0 Å². The molecule has 7 heavy (non-hydrogen) atoms. The molecule has 0 bridgehead atoms. The zero-order chi connectivity index (χ0) is 5.54. The maximum atomic E-state index is 6.47. The highest BCUT2D eigenvalue weighted by Gasteiger charge is 1.64. The van der Waals surface area contributed by atoms with Crippen molar-refractivity contribution in [2.75, 3.05) is 6.67 Å². The predicted octanol–water partition coefficient (Wildman–Crippen LogP) is 0.231. The molecule has 0 aliphatic rings. The predicted molar refractivity (Wildman–Crippen MR) is 31.0 cm³/mol. The van der Waals surface area contributed by atoms with Gasteiger partial charge in [0.15, 0.2) is 0 Å². The van der Waals surface area contributed by atoms with Crippen molar-refractivity contribution in [1.29, 1.82) is 5.41 Å². The maximum absolute atomic E-state index is 6.47. The van der Waals surface area contributed by atoms with Crippen molar-refractivity contribution < 1.29 is 0 Å². The van der Waals surface area contributed by atoms with Gasteiger partial charge in [-0.05, 0) is 13.1 Å². The SMILES string of the molecule is C/C=N\CNC=N. The molecule has 0 aromatic heterocycles. The highest BCUT2D eigenvalue weighted by atomic mass is 15.0. The van der Waals surface area contributed by atoms with E-state index >= 15 is 0 Å². The van der Waals surface area contributed by atoms with E-state index in [1.165, 1.54) is 0 Å². The Balaban J connectivity index is 2.82. The van der Waals surface area contributed by atoms with Gasteiger partial charge in [0, 0.05) is 0 Å². The van der Waals surface area contributed by atoms with Gasteiger partial charge in [-0.3, -0.25) is 10.4 Å². The molecule has 0 atom stereocenters. The smallest absolute Gasteiger partial charge is 0.107 e. The van der Waals surface area contributed by atoms with Crippen LogP contribution in [-0.4, -0.2) is 19.2 Å². The molecule has 0 radical (unpaired) electrons. The molecule has 0 rings (SSSR count). The molecule has 0 aliphatic carbocycles. The number of nitrogens with one attached hydrogen (secondary N) is 2. The van der Waals surface area contributed by atoms with E-state index in [1.807, 2.05) is 6.92 Å². The van der Waals surface area contributed by atoms with E-state index < -0.39 is 0 Å². The van der Waals surface area contributed by atoms with Crippen molar-refractivity contribution in [2.45, 2.75) is 6.92 Å². The van der Waals surface area contributed by atoms with Gasteiger partial charge < -0.3 is 5.32 Å². The van der Waals surface area contributed by atoms with Crippen LogP contribution in [0.5, 0.6) is 0 Å². The molecule has 3 heteroatoms. The summed E-state index contributed by atoms with van der Waals surface area (Å²) in [7, 11) is 0. The van der Waals surface area contributed by atoms with Gasteiger partial charge in [-0.2, -0.15) is 0 Å². The van der Waals surface area contributed by atoms with Crippen LogP contribution < -0.4 is 5.32 Å². The molecule has 0 aromatic carbocycles. The molecule has 0 aromatic rings. The normalized spacial score (nSPS) is 9.29. The summed E-state index contributed by atoms with van der Waals surface area (Å²) in [5.74, 6) is 0. The summed E-state index contributed by atoms with van der Waals surface area (Å²) in [5, 5.41) is 9.06. The fourth-order valence-electron chi connectivity index (χ4n) is 0.190. The average molecular weight is 99.1 g/mol. The minimum Gasteiger partial charge on any atom is -0.358 e. The van der Waals surface area contributed by atoms with Crippen LogP contribution in [-0.2, 0) is 0 Å². The lowest BCUT2D eigenvalue weighted by atomic mass is 10.9. The highest BCUT2D eigenvalue weighted by Crippen LogP contribution is 1.54. The number of hydrogen-bond acceptors (Lipinski definition) is 2. The van der Waals surface area contributed by atoms with Crippen LogP contribution in [0.2, 0.25) is 0 Å². The lowest BCUT2D eigenvalue weighted by Crippen LogP contribution is -2.08. The van der Waals surface area contributed by atoms with Gasteiger partial charge in [0.2, 0.25) is 0 Å². The third-order valence-corrected chi connectivity index (χ3v) is 0.467. The van der Waals surface area contributed by atoms with Crippen LogP contribution >= 0.6 is 0 Å². The van der Waals surface area contributed by atoms with E-state index in [-0.39, 0.29) is 0 Å². The second kappa shape index (κ2) is 5.14. The van der Waals surface area contributed by atoms with Crippen molar-refractivity contribution in [3.63, 3.8) is 0 Å². The summed E-state index contributed by atoms with van der Waals surface area (Å²) in [6.07, 6.45) is 2.81. The first-order valence-electron chi connectivity index (χ1n) is 2.08. The van der Waals surface area contributed by atoms with Crippen LogP contribution in [0.25, 0.3) is 0 Å². The molecule has 40 valence electrons. The Kier molecular flexibility index (Phi) is 4.51. The van der Waals surface area contributed by atoms with E-state index in [2.05, 4.69) is 10.3 Å². The maximum Gasteiger partial charge on any atom is 0.107 e. The molecule has 0 unspecified atom stereocenters. The number of nitrogens with zero attached hydrogens (tertiary/aromatic N) is 1. The van der Waals surface area contributed by atoms with Crippen LogP contribution in [0.4, 0.5) is 0 Å². The topological polar surface area (TPSA) is 48.2 Å². The Labute approximate surface area is 43.0 Å². The summed E-state index contributed by atoms with van der Waals surface area (Å²) in [4.78, 5) is 3.77. The summed E-state index contributed by atoms with van der Waals surface area (Å²) in [6.45, 7) is 2.35. The van der Waals surface area contributed by atoms with E-state index in [0.29, 0.717) is 6.67 Å². The third-order valence-electron chi connectivity index (χ3n) is 0.467. The van der Waals surface area contributed by atoms with Gasteiger partial charge in [0.1, 0.15) is 6.67 Å². The molecule has 0 fully saturated rings. The molecule has 0 amide bonds. The summed E-state index contributed by atoms with van der Waals surface area (Å²) in [5.41, 5.74) is 0. The van der Waals surface area contributed by atoms with Crippen molar-refractivity contribution >= 4 is 12.6 Å². The fourth-order valence-corrected chi connectivity index (χ4v) is 0.190. The van der Waals surface area contributed by atoms with Crippen molar-refractivity contribution in [1.82, 2.24) is 5.32 Å². The summed E-state index contributed by atoms with van der Waals surface area (Å²) < 4.78 is 0. The zero-order valence-corrected chi connectivity index (χ0v) is 4.31. The largest absolute Gasteiger partial charge is 0.358 e. The van der Waals surface area contributed by atoms with Gasteiger partial charge >= 0.3 is 0 Å². The Bertz CT molecular complexity index is 67.3. The standard InChI is InChI=1S/C4H9N3/c1-2-6-4-7-3-5/h2-3H,4H2,1H3,(H2,5,7)/b6-2-. The van der Waals surface area contributed by atoms with Crippen molar-refractivity contribution in [2.24, 2.45) is 4.99 Å². The minimum absolute atomic E-state index is 0.514. The third kappa shape index (κ3) is 5.14. The van der Waals surface area contributed by atoms with Gasteiger partial charge in [0.25, 0.3) is 0 Å². The summed E-state index contributed by atoms with van der Waals surface area (Å²) >= 11 is 0. The second-order valence-electron chi connectivity index (χ2n) is 0.947. The highest BCUT2D eigenvalue weighted by molar-refractivity contribution is 5.54. The first-order valence-corrected chi connectivity index (χ1v) is 2.08. The van der Waals surface area contributed by atoms with Crippen molar-refractivity contribution in [3.05, 3.63) is 0 Å². The quantitative estimate of drug-likeness (QED) is 0.297. The van der Waals surface area contributed by atoms with Crippen molar-refractivity contribution in [3.8, 4) is 0 Å². The number of hydrogen-bond donors (Lipinski definition) is 2. The van der Waals surface area contributed by atoms with E-state index in [1.54, 1.807) is 6.21 Å². The average Bonchev–Trinajstić information content (AvgIpc) is 1.69. The molecule has 3 nitrogen and oxygen atoms in total. The molecule has 0 spiro atoms. The Morgan fingerprint density at radius 3 is 3.00 bits per heavy atom. The van der Waals surface area contributed by atoms with Gasteiger partial charge in [-0.25, -0.2) is 0 Å². The van der Waals surface area contributed by atoms with Crippen LogP contribution in [0.1, 0.15) is 6.92 Å². The van der Waals surface area contributed by atoms with E-state index in [9.17, 15) is 0 Å². The molecular formula is C4H9N3. The number of aliphatic imine (C=N–C) groups is 1. The molecule has 2 N–H and O–H groups in total. The monoisotopic (exact) mass is 99.1 g/mol. The second-order valence-corrected chi connectivity index (χ2v) is 0.947. The van der Waals surface area contributed by atoms with E-state index in [4.69, 9.17) is 5.41 Å². The van der Waals surface area contributed by atoms with Crippen LogP contribution in [0.15, 0.2) is 4.99 Å². The first-order chi connectivity index (χ1) is 3.41. The molecular weight excluding hydrogens is 90.1 g/mol. The molecule has 0 heterocycles. The number of rotatable bonds is 3. The molecule has 0 aliphatic heterocycles. The lowest BCUT2D eigenvalue weighted by molar-refractivity contribution is 0.944. The van der Waals surface area contributed by atoms with E-state index in [0.717, 1.165) is 6.34 Å². The molecule has 0 saturated carbocycles. The van der Waals surface area contributed by atoms with Crippen LogP contribution in [0.3, 0.4) is 0 Å². The van der Waals surface area contributed by atoms with Crippen LogP contribution in [0, 0.1) is 5.41 Å². The Morgan fingerprint density at radius 1 is 1.86 bits per heavy atom. The lowest BCUT2D eigenvalue weighted by Gasteiger charge is -1.86. The Hall–Kier alpha value is -0.860. The Morgan fingerprint density at radius 2 is 2.57 bits per heavy atom. The zero-order valence-electron chi connectivity index (χ0n) is 4.31. The summed E-state index contributed by atoms with van der Waals surface area (Å²) in [6, 6.07) is 0. The van der Waals surface area contributed by atoms with Gasteiger partial charge in [0.05, 0.1) is 6.34 Å². The van der Waals surface area contributed by atoms with Gasteiger partial charge in [-0.1, -0.05) is 0 Å². The molecule has 0 saturated heterocycles. The fraction of sp³-hybridized carbons (Fsp3) is 0.500. The first kappa shape index (κ1) is 6.14.